The van der Waals surface area contributed by atoms with Gasteiger partial charge in [0.05, 0.1) is 41.7 Å². The molecule has 2 aromatic heterocycles. The van der Waals surface area contributed by atoms with Crippen LogP contribution in [0, 0.1) is 12.7 Å². The van der Waals surface area contributed by atoms with E-state index in [0.717, 1.165) is 4.90 Å². The lowest BCUT2D eigenvalue weighted by Gasteiger charge is -2.31. The molecular formula is C74H90FN13O19. The monoisotopic (exact) mass is 1480 g/mol. The van der Waals surface area contributed by atoms with Gasteiger partial charge in [0.15, 0.2) is 5.60 Å². The van der Waals surface area contributed by atoms with Crippen molar-refractivity contribution in [2.45, 2.75) is 184 Å². The number of halogens is 1. The van der Waals surface area contributed by atoms with Crippen molar-refractivity contribution in [1.29, 1.82) is 0 Å². The molecule has 4 aliphatic rings. The number of fused-ring (bicyclic) bond motifs is 5. The summed E-state index contributed by atoms with van der Waals surface area (Å²) >= 11 is 0. The third-order valence-corrected chi connectivity index (χ3v) is 19.6. The Morgan fingerprint density at radius 1 is 0.673 bits per heavy atom. The zero-order chi connectivity index (χ0) is 77.2. The molecule has 107 heavy (non-hydrogen) atoms. The van der Waals surface area contributed by atoms with Crippen molar-refractivity contribution in [3.8, 4) is 17.1 Å². The predicted molar refractivity (Wildman–Crippen MR) is 380 cm³/mol. The van der Waals surface area contributed by atoms with Crippen molar-refractivity contribution >= 4 is 87.9 Å². The first-order valence-corrected chi connectivity index (χ1v) is 35.7. The molecule has 5 aromatic rings. The number of hydrogen-bond acceptors (Lipinski definition) is 19. The van der Waals surface area contributed by atoms with E-state index in [4.69, 9.17) is 20.2 Å². The van der Waals surface area contributed by atoms with Crippen LogP contribution in [0.25, 0.3) is 22.3 Å². The van der Waals surface area contributed by atoms with E-state index in [2.05, 4.69) is 47.9 Å². The number of carboxylic acids is 1. The number of ether oxygens (including phenoxy) is 2. The summed E-state index contributed by atoms with van der Waals surface area (Å²) in [5.74, 6) is -9.92. The number of imide groups is 1. The number of unbranched alkanes of at least 4 members (excludes halogenated alkanes) is 2. The number of carbonyl (C=O) groups is 13. The average molecular weight is 1480 g/mol. The van der Waals surface area contributed by atoms with E-state index in [1.165, 1.54) is 48.1 Å². The Kier molecular flexibility index (Phi) is 27.4. The number of phenols is 1. The molecule has 14 N–H and O–H groups in total. The molecule has 3 aromatic carbocycles. The molecule has 5 heterocycles. The number of primary amides is 1. The Morgan fingerprint density at radius 3 is 1.91 bits per heavy atom. The first-order valence-electron chi connectivity index (χ1n) is 35.7. The molecule has 1 saturated heterocycles. The third-order valence-electron chi connectivity index (χ3n) is 19.6. The number of benzene rings is 3. The van der Waals surface area contributed by atoms with Crippen LogP contribution in [-0.2, 0) is 105 Å². The fourth-order valence-electron chi connectivity index (χ4n) is 13.7. The number of urea groups is 1. The number of cyclic esters (lactones) is 1. The number of esters is 1. The standard InChI is InChI=1S/C74H90FN13O19/c1-4-74(105)47-35-56-65-45(37-87(56)70(100)46(47)39-107-72(74)103)64-49(23-22-44-40(2)48(75)36-53(83-65)63(44)64)80-58(91)24-25-59(92)82-54(33-41-13-6-5-7-14-41)69(99)85-52(17-12-31-79-73(76)104)67(97)84-51(68(98)86-55(71(101)102)34-42-18-20-43(89)21-19-42)16-9-11-30-78-66(96)50(15-8-10-29-77-57(90)28-32-106-3)81-60(93)38-88-61(94)26-27-62(88)95/h5-7,13-14,18-21,35-36,49-52,54-55,89,105H,4,8-12,15-17,22-34,37-39H2,1-3H3,(H,77,90)(H,78,96)(H,80,91)(H,81,93)(H,82,92)(H,84,97)(H,85,99)(H,86,98)(H,101,102)(H3,76,79,104)/t49-,50-,51-,52-,54-,55-,74-/m0/s1. The van der Waals surface area contributed by atoms with Gasteiger partial charge in [0.2, 0.25) is 59.1 Å². The smallest absolute Gasteiger partial charge is 0.343 e. The van der Waals surface area contributed by atoms with Gasteiger partial charge in [-0.15, -0.1) is 0 Å². The van der Waals surface area contributed by atoms with E-state index in [0.29, 0.717) is 58.0 Å². The number of likely N-dealkylation sites (tertiary alicyclic amines) is 1. The fourth-order valence-corrected chi connectivity index (χ4v) is 13.7. The van der Waals surface area contributed by atoms with Crippen molar-refractivity contribution in [1.82, 2.24) is 62.3 Å². The Bertz CT molecular complexity index is 4290. The summed E-state index contributed by atoms with van der Waals surface area (Å²) in [6.07, 6.45) is -0.218. The van der Waals surface area contributed by atoms with Crippen LogP contribution in [-0.4, -0.2) is 177 Å². The van der Waals surface area contributed by atoms with Gasteiger partial charge in [-0.25, -0.2) is 23.8 Å². The van der Waals surface area contributed by atoms with Crippen molar-refractivity contribution in [3.05, 3.63) is 127 Å². The van der Waals surface area contributed by atoms with Crippen LogP contribution in [0.1, 0.15) is 154 Å². The van der Waals surface area contributed by atoms with E-state index in [9.17, 15) is 82.4 Å². The van der Waals surface area contributed by atoms with Gasteiger partial charge >= 0.3 is 18.0 Å². The molecule has 572 valence electrons. The van der Waals surface area contributed by atoms with Gasteiger partial charge in [0, 0.05) is 94.3 Å². The number of aromatic hydroxyl groups is 1. The number of hydrogen-bond donors (Lipinski definition) is 13. The van der Waals surface area contributed by atoms with Gasteiger partial charge in [-0.1, -0.05) is 49.4 Å². The topological polar surface area (TPSA) is 473 Å². The van der Waals surface area contributed by atoms with E-state index in [1.54, 1.807) is 44.2 Å². The molecule has 1 aliphatic carbocycles. The van der Waals surface area contributed by atoms with Gasteiger partial charge < -0.3 is 82.9 Å². The van der Waals surface area contributed by atoms with E-state index in [-0.39, 0.29) is 163 Å². The fraction of sp³-hybridized carbons (Fsp3) is 0.473. The number of aliphatic hydroxyl groups is 1. The van der Waals surface area contributed by atoms with Crippen molar-refractivity contribution in [2.24, 2.45) is 5.73 Å². The van der Waals surface area contributed by atoms with E-state index >= 15 is 4.39 Å². The first kappa shape index (κ1) is 79.9. The van der Waals surface area contributed by atoms with Gasteiger partial charge in [0.25, 0.3) is 5.56 Å². The molecule has 0 bridgehead atoms. The summed E-state index contributed by atoms with van der Waals surface area (Å²) < 4.78 is 27.3. The molecule has 33 heteroatoms. The third kappa shape index (κ3) is 20.2. The molecule has 7 atom stereocenters. The van der Waals surface area contributed by atoms with Gasteiger partial charge in [0.1, 0.15) is 54.9 Å². The number of nitrogens with two attached hydrogens (primary N) is 1. The zero-order valence-corrected chi connectivity index (χ0v) is 59.7. The number of nitrogens with zero attached hydrogens (tertiary/aromatic N) is 3. The lowest BCUT2D eigenvalue weighted by atomic mass is 9.81. The highest BCUT2D eigenvalue weighted by Gasteiger charge is 2.46. The molecule has 9 rings (SSSR count). The van der Waals surface area contributed by atoms with Crippen molar-refractivity contribution < 1.29 is 91.5 Å². The molecule has 0 saturated carbocycles. The molecule has 1 fully saturated rings. The molecule has 3 aliphatic heterocycles. The number of pyridine rings is 2. The Labute approximate surface area is 614 Å². The molecule has 0 unspecified atom stereocenters. The van der Waals surface area contributed by atoms with Gasteiger partial charge in [-0.2, -0.15) is 0 Å². The summed E-state index contributed by atoms with van der Waals surface area (Å²) in [6.45, 7) is 2.51. The van der Waals surface area contributed by atoms with Crippen molar-refractivity contribution in [3.63, 3.8) is 0 Å². The number of nitrogens with one attached hydrogen (secondary N) is 9. The summed E-state index contributed by atoms with van der Waals surface area (Å²) in [6, 6.07) is 7.97. The number of phenolic OH excluding ortho intramolecular Hbond substituents is 1. The lowest BCUT2D eigenvalue weighted by molar-refractivity contribution is -0.172. The number of rotatable bonds is 38. The van der Waals surface area contributed by atoms with Crippen LogP contribution in [0.5, 0.6) is 5.75 Å². The van der Waals surface area contributed by atoms with Crippen molar-refractivity contribution in [2.75, 3.05) is 39.9 Å². The lowest BCUT2D eigenvalue weighted by Crippen LogP contribution is -2.58. The second-order valence-electron chi connectivity index (χ2n) is 27.0. The normalized spacial score (nSPS) is 16.8. The Balaban J connectivity index is 0.895. The van der Waals surface area contributed by atoms with Crippen LogP contribution in [0.4, 0.5) is 9.18 Å². The quantitative estimate of drug-likeness (QED) is 0.0148. The molecule has 12 amide bonds. The zero-order valence-electron chi connectivity index (χ0n) is 59.7. The van der Waals surface area contributed by atoms with Crippen LogP contribution in [0.15, 0.2) is 71.5 Å². The molecule has 0 radical (unpaired) electrons. The van der Waals surface area contributed by atoms with Crippen LogP contribution >= 0.6 is 0 Å². The summed E-state index contributed by atoms with van der Waals surface area (Å²) in [7, 11) is 1.46. The summed E-state index contributed by atoms with van der Waals surface area (Å²) in [5, 5.41) is 56.4. The summed E-state index contributed by atoms with van der Waals surface area (Å²) in [4.78, 5) is 194. The Morgan fingerprint density at radius 2 is 1.26 bits per heavy atom. The molecule has 0 spiro atoms. The largest absolute Gasteiger partial charge is 0.508 e. The van der Waals surface area contributed by atoms with Gasteiger partial charge in [-0.05, 0) is 124 Å². The SMILES string of the molecule is CC[C@@]1(O)C(=O)OCc2c1cc1n(c2=O)Cc2c-1nc1cc(F)c(C)c3c1c2[C@@H](NC(=O)CCC(=O)N[C@@H](Cc1ccccc1)C(=O)N[C@@H](CCCNC(N)=O)C(=O)N[C@@H](CCCCNC(=O)[C@H](CCCCNC(=O)CCOC)NC(=O)CN1C(=O)CCC1=O)C(=O)N[C@@H](Cc1ccc(O)cc1)C(=O)O)CC3. The van der Waals surface area contributed by atoms with Crippen LogP contribution in [0.2, 0.25) is 0 Å². The highest BCUT2D eigenvalue weighted by atomic mass is 19.1. The first-order chi connectivity index (χ1) is 51.2. The van der Waals surface area contributed by atoms with E-state index in [1.807, 2.05) is 0 Å². The number of aromatic nitrogens is 2. The minimum absolute atomic E-state index is 0.00289. The second-order valence-corrected chi connectivity index (χ2v) is 27.0. The number of carboxylic acid groups (broad SMARTS) is 1. The maximum Gasteiger partial charge on any atom is 0.343 e. The van der Waals surface area contributed by atoms with Crippen LogP contribution in [0.3, 0.4) is 0 Å². The molecular weight excluding hydrogens is 1390 g/mol. The van der Waals surface area contributed by atoms with E-state index < -0.39 is 144 Å². The number of aryl methyl sites for hydroxylation is 1. The second kappa shape index (κ2) is 36.7. The predicted octanol–water partition coefficient (Wildman–Crippen LogP) is 1.32. The number of amides is 12. The number of methoxy groups -OCH3 is 1. The number of carbonyl (C=O) groups excluding carboxylic acids is 12. The minimum atomic E-state index is -2.12. The number of aliphatic carboxylic acids is 1. The summed E-state index contributed by atoms with van der Waals surface area (Å²) in [5.41, 5.74) is 6.79. The molecule has 32 nitrogen and oxygen atoms in total. The van der Waals surface area contributed by atoms with Gasteiger partial charge in [-0.3, -0.25) is 57.6 Å². The van der Waals surface area contributed by atoms with Crippen LogP contribution < -0.4 is 59.1 Å². The Hall–Kier alpha value is -11.2. The highest BCUT2D eigenvalue weighted by Crippen LogP contribution is 2.46. The minimum Gasteiger partial charge on any atom is -0.508 e. The highest BCUT2D eigenvalue weighted by molar-refractivity contribution is 6.05. The maximum absolute atomic E-state index is 15.7. The average Bonchev–Trinajstić information content (AvgIpc) is 1.59. The maximum atomic E-state index is 15.7.